The van der Waals surface area contributed by atoms with Crippen molar-refractivity contribution in [3.63, 3.8) is 0 Å². The molecule has 100 valence electrons. The Morgan fingerprint density at radius 1 is 0.947 bits per heavy atom. The van der Waals surface area contributed by atoms with E-state index >= 15 is 0 Å². The van der Waals surface area contributed by atoms with E-state index < -0.39 is 0 Å². The fourth-order valence-electron chi connectivity index (χ4n) is 1.95. The van der Waals surface area contributed by atoms with Gasteiger partial charge in [0.2, 0.25) is 0 Å². The van der Waals surface area contributed by atoms with E-state index in [1.54, 1.807) is 0 Å². The molecule has 1 N–H and O–H groups in total. The average Bonchev–Trinajstić information content (AvgIpc) is 2.38. The van der Waals surface area contributed by atoms with Crippen molar-refractivity contribution >= 4 is 37.5 Å². The molecule has 19 heavy (non-hydrogen) atoms. The predicted octanol–water partition coefficient (Wildman–Crippen LogP) is 5.69. The molecule has 0 spiro atoms. The van der Waals surface area contributed by atoms with Gasteiger partial charge in [0.05, 0.1) is 5.69 Å². The van der Waals surface area contributed by atoms with Gasteiger partial charge in [-0.2, -0.15) is 0 Å². The summed E-state index contributed by atoms with van der Waals surface area (Å²) in [5, 5.41) is 3.47. The monoisotopic (exact) mass is 381 g/mol. The molecule has 0 aliphatic rings. The van der Waals surface area contributed by atoms with Gasteiger partial charge >= 0.3 is 0 Å². The fourth-order valence-corrected chi connectivity index (χ4v) is 3.65. The Kier molecular flexibility index (Phi) is 5.06. The number of hydrogen-bond donors (Lipinski definition) is 1. The molecule has 0 aliphatic carbocycles. The van der Waals surface area contributed by atoms with Crippen LogP contribution in [-0.2, 0) is 13.0 Å². The quantitative estimate of drug-likeness (QED) is 0.715. The summed E-state index contributed by atoms with van der Waals surface area (Å²) in [6, 6.07) is 13.0. The summed E-state index contributed by atoms with van der Waals surface area (Å²) >= 11 is 7.20. The molecule has 0 saturated carbocycles. The van der Waals surface area contributed by atoms with E-state index in [1.165, 1.54) is 16.7 Å². The van der Waals surface area contributed by atoms with Gasteiger partial charge in [-0.1, -0.05) is 31.2 Å². The Hall–Kier alpha value is -0.800. The number of hydrogen-bond acceptors (Lipinski definition) is 1. The van der Waals surface area contributed by atoms with Gasteiger partial charge in [-0.05, 0) is 74.0 Å². The minimum absolute atomic E-state index is 0.824. The van der Waals surface area contributed by atoms with E-state index in [2.05, 4.69) is 87.4 Å². The molecule has 0 saturated heterocycles. The normalized spacial score (nSPS) is 10.5. The van der Waals surface area contributed by atoms with Crippen molar-refractivity contribution in [1.29, 1.82) is 0 Å². The first kappa shape index (κ1) is 14.6. The van der Waals surface area contributed by atoms with E-state index in [9.17, 15) is 0 Å². The van der Waals surface area contributed by atoms with Crippen molar-refractivity contribution in [2.75, 3.05) is 5.32 Å². The molecule has 1 nitrogen and oxygen atoms in total. The van der Waals surface area contributed by atoms with Crippen LogP contribution in [0.5, 0.6) is 0 Å². The van der Waals surface area contributed by atoms with Crippen LogP contribution < -0.4 is 5.32 Å². The summed E-state index contributed by atoms with van der Waals surface area (Å²) < 4.78 is 2.18. The molecule has 2 rings (SSSR count). The Bertz CT molecular complexity index is 538. The summed E-state index contributed by atoms with van der Waals surface area (Å²) in [6.07, 6.45) is 1.09. The summed E-state index contributed by atoms with van der Waals surface area (Å²) in [5.41, 5.74) is 5.00. The smallest absolute Gasteiger partial charge is 0.0631 e. The molecule has 0 bridgehead atoms. The van der Waals surface area contributed by atoms with E-state index in [0.717, 1.165) is 27.6 Å². The van der Waals surface area contributed by atoms with Gasteiger partial charge in [-0.25, -0.2) is 0 Å². The van der Waals surface area contributed by atoms with Crippen molar-refractivity contribution in [3.05, 3.63) is 62.0 Å². The second-order valence-electron chi connectivity index (χ2n) is 4.63. The van der Waals surface area contributed by atoms with Crippen molar-refractivity contribution in [2.24, 2.45) is 0 Å². The zero-order valence-electron chi connectivity index (χ0n) is 11.1. The number of aryl methyl sites for hydroxylation is 2. The van der Waals surface area contributed by atoms with Crippen LogP contribution in [0.4, 0.5) is 5.69 Å². The lowest BCUT2D eigenvalue weighted by Crippen LogP contribution is -2.01. The van der Waals surface area contributed by atoms with Crippen molar-refractivity contribution < 1.29 is 0 Å². The van der Waals surface area contributed by atoms with Crippen LogP contribution in [-0.4, -0.2) is 0 Å². The van der Waals surface area contributed by atoms with Gasteiger partial charge in [0, 0.05) is 15.5 Å². The molecule has 2 aromatic carbocycles. The Labute approximate surface area is 131 Å². The van der Waals surface area contributed by atoms with Gasteiger partial charge in [0.15, 0.2) is 0 Å². The molecule has 2 aromatic rings. The molecule has 0 fully saturated rings. The molecule has 0 amide bonds. The van der Waals surface area contributed by atoms with Crippen LogP contribution in [0, 0.1) is 6.92 Å². The van der Waals surface area contributed by atoms with Crippen LogP contribution in [0.15, 0.2) is 45.3 Å². The Morgan fingerprint density at radius 2 is 1.47 bits per heavy atom. The largest absolute Gasteiger partial charge is 0.379 e. The third kappa shape index (κ3) is 3.83. The molecule has 0 aliphatic heterocycles. The third-order valence-electron chi connectivity index (χ3n) is 3.09. The molecule has 0 radical (unpaired) electrons. The topological polar surface area (TPSA) is 12.0 Å². The van der Waals surface area contributed by atoms with Gasteiger partial charge in [-0.15, -0.1) is 0 Å². The van der Waals surface area contributed by atoms with Gasteiger partial charge in [0.25, 0.3) is 0 Å². The van der Waals surface area contributed by atoms with Crippen LogP contribution in [0.3, 0.4) is 0 Å². The molecule has 0 unspecified atom stereocenters. The van der Waals surface area contributed by atoms with Gasteiger partial charge < -0.3 is 5.32 Å². The molecular formula is C16H17Br2N. The predicted molar refractivity (Wildman–Crippen MR) is 89.7 cm³/mol. The maximum absolute atomic E-state index is 3.60. The third-order valence-corrected chi connectivity index (χ3v) is 4.34. The highest BCUT2D eigenvalue weighted by Gasteiger charge is 2.05. The molecular weight excluding hydrogens is 366 g/mol. The first-order chi connectivity index (χ1) is 9.10. The van der Waals surface area contributed by atoms with Crippen molar-refractivity contribution in [3.8, 4) is 0 Å². The SMILES string of the molecule is CCc1ccc(CNc2c(Br)cc(C)cc2Br)cc1. The first-order valence-corrected chi connectivity index (χ1v) is 7.96. The number of rotatable bonds is 4. The summed E-state index contributed by atoms with van der Waals surface area (Å²) in [5.74, 6) is 0. The maximum atomic E-state index is 3.60. The standard InChI is InChI=1S/C16H17Br2N/c1-3-12-4-6-13(7-5-12)10-19-16-14(17)8-11(2)9-15(16)18/h4-9,19H,3,10H2,1-2H3. The van der Waals surface area contributed by atoms with Gasteiger partial charge in [0.1, 0.15) is 0 Å². The lowest BCUT2D eigenvalue weighted by Gasteiger charge is -2.12. The lowest BCUT2D eigenvalue weighted by atomic mass is 10.1. The van der Waals surface area contributed by atoms with Crippen LogP contribution in [0.1, 0.15) is 23.6 Å². The maximum Gasteiger partial charge on any atom is 0.0631 e. The van der Waals surface area contributed by atoms with Crippen LogP contribution >= 0.6 is 31.9 Å². The molecule has 0 aromatic heterocycles. The number of nitrogens with one attached hydrogen (secondary N) is 1. The summed E-state index contributed by atoms with van der Waals surface area (Å²) in [4.78, 5) is 0. The van der Waals surface area contributed by atoms with Crippen molar-refractivity contribution in [2.45, 2.75) is 26.8 Å². The number of anilines is 1. The Morgan fingerprint density at radius 3 is 2.00 bits per heavy atom. The van der Waals surface area contributed by atoms with E-state index in [1.807, 2.05) is 0 Å². The minimum Gasteiger partial charge on any atom is -0.379 e. The van der Waals surface area contributed by atoms with E-state index in [0.29, 0.717) is 0 Å². The highest BCUT2D eigenvalue weighted by molar-refractivity contribution is 9.11. The fraction of sp³-hybridized carbons (Fsp3) is 0.250. The second-order valence-corrected chi connectivity index (χ2v) is 6.34. The molecule has 3 heteroatoms. The highest BCUT2D eigenvalue weighted by Crippen LogP contribution is 2.32. The second kappa shape index (κ2) is 6.58. The molecule has 0 heterocycles. The number of halogens is 2. The summed E-state index contributed by atoms with van der Waals surface area (Å²) in [6.45, 7) is 5.08. The molecule has 0 atom stereocenters. The Balaban J connectivity index is 2.10. The minimum atomic E-state index is 0.824. The lowest BCUT2D eigenvalue weighted by molar-refractivity contribution is 1.10. The van der Waals surface area contributed by atoms with Gasteiger partial charge in [-0.3, -0.25) is 0 Å². The average molecular weight is 383 g/mol. The zero-order valence-corrected chi connectivity index (χ0v) is 14.3. The highest BCUT2D eigenvalue weighted by atomic mass is 79.9. The zero-order chi connectivity index (χ0) is 13.8. The number of benzene rings is 2. The van der Waals surface area contributed by atoms with E-state index in [-0.39, 0.29) is 0 Å². The summed E-state index contributed by atoms with van der Waals surface area (Å²) in [7, 11) is 0. The van der Waals surface area contributed by atoms with Crippen LogP contribution in [0.2, 0.25) is 0 Å². The van der Waals surface area contributed by atoms with E-state index in [4.69, 9.17) is 0 Å². The van der Waals surface area contributed by atoms with Crippen LogP contribution in [0.25, 0.3) is 0 Å². The van der Waals surface area contributed by atoms with Crippen molar-refractivity contribution in [1.82, 2.24) is 0 Å². The first-order valence-electron chi connectivity index (χ1n) is 6.37.